The summed E-state index contributed by atoms with van der Waals surface area (Å²) in [5.41, 5.74) is 9.86. The van der Waals surface area contributed by atoms with Crippen LogP contribution in [0, 0.1) is 17.2 Å². The molecule has 126 valence electrons. The molecule has 1 unspecified atom stereocenters. The van der Waals surface area contributed by atoms with Crippen molar-refractivity contribution in [3.8, 4) is 6.07 Å². The number of hydrogen-bond acceptors (Lipinski definition) is 4. The molecule has 1 saturated heterocycles. The second kappa shape index (κ2) is 6.58. The molecule has 3 aromatic rings. The van der Waals surface area contributed by atoms with Crippen molar-refractivity contribution in [2.75, 3.05) is 24.5 Å². The van der Waals surface area contributed by atoms with Crippen molar-refractivity contribution in [3.05, 3.63) is 59.7 Å². The fourth-order valence-corrected chi connectivity index (χ4v) is 3.53. The summed E-state index contributed by atoms with van der Waals surface area (Å²) in [6.45, 7) is 3.43. The Labute approximate surface area is 147 Å². The standard InChI is InChI=1S/C20H21N5/c21-11-15-5-7-16(8-6-15)14-25-19-4-2-1-3-18(19)23-20(25)24-10-9-17(12-22)13-24/h1-8,17H,9-10,12-14,22H2. The largest absolute Gasteiger partial charge is 0.342 e. The second-order valence-corrected chi connectivity index (χ2v) is 6.63. The number of fused-ring (bicyclic) bond motifs is 1. The molecule has 0 amide bonds. The van der Waals surface area contributed by atoms with Crippen molar-refractivity contribution in [2.24, 2.45) is 11.7 Å². The average Bonchev–Trinajstić information content (AvgIpc) is 3.27. The topological polar surface area (TPSA) is 70.9 Å². The zero-order valence-corrected chi connectivity index (χ0v) is 14.1. The van der Waals surface area contributed by atoms with E-state index < -0.39 is 0 Å². The number of aromatic nitrogens is 2. The molecule has 1 atom stereocenters. The normalized spacial score (nSPS) is 17.1. The summed E-state index contributed by atoms with van der Waals surface area (Å²) >= 11 is 0. The van der Waals surface area contributed by atoms with Crippen molar-refractivity contribution in [2.45, 2.75) is 13.0 Å². The van der Waals surface area contributed by atoms with Gasteiger partial charge in [0, 0.05) is 13.1 Å². The summed E-state index contributed by atoms with van der Waals surface area (Å²) in [6, 6.07) is 18.2. The number of anilines is 1. The molecule has 5 nitrogen and oxygen atoms in total. The second-order valence-electron chi connectivity index (χ2n) is 6.63. The quantitative estimate of drug-likeness (QED) is 0.798. The highest BCUT2D eigenvalue weighted by molar-refractivity contribution is 5.79. The van der Waals surface area contributed by atoms with E-state index in [0.717, 1.165) is 55.1 Å². The minimum Gasteiger partial charge on any atom is -0.342 e. The molecular weight excluding hydrogens is 310 g/mol. The molecule has 0 saturated carbocycles. The Bertz CT molecular complexity index is 919. The minimum atomic E-state index is 0.545. The predicted molar refractivity (Wildman–Crippen MR) is 99.4 cm³/mol. The highest BCUT2D eigenvalue weighted by Crippen LogP contribution is 2.28. The van der Waals surface area contributed by atoms with E-state index >= 15 is 0 Å². The van der Waals surface area contributed by atoms with Crippen molar-refractivity contribution in [3.63, 3.8) is 0 Å². The van der Waals surface area contributed by atoms with Crippen LogP contribution < -0.4 is 10.6 Å². The highest BCUT2D eigenvalue weighted by atomic mass is 15.3. The molecule has 2 aromatic carbocycles. The number of nitrogens with zero attached hydrogens (tertiary/aromatic N) is 4. The van der Waals surface area contributed by atoms with Gasteiger partial charge in [0.15, 0.2) is 0 Å². The monoisotopic (exact) mass is 331 g/mol. The van der Waals surface area contributed by atoms with Gasteiger partial charge in [-0.05, 0) is 48.7 Å². The van der Waals surface area contributed by atoms with Gasteiger partial charge in [0.2, 0.25) is 5.95 Å². The van der Waals surface area contributed by atoms with Crippen LogP contribution in [-0.4, -0.2) is 29.2 Å². The molecule has 0 aliphatic carbocycles. The molecule has 4 rings (SSSR count). The first kappa shape index (κ1) is 15.7. The van der Waals surface area contributed by atoms with Crippen molar-refractivity contribution < 1.29 is 0 Å². The molecule has 5 heteroatoms. The number of para-hydroxylation sites is 2. The molecule has 25 heavy (non-hydrogen) atoms. The lowest BCUT2D eigenvalue weighted by molar-refractivity contribution is 0.600. The summed E-state index contributed by atoms with van der Waals surface area (Å²) in [5, 5.41) is 8.98. The summed E-state index contributed by atoms with van der Waals surface area (Å²) in [4.78, 5) is 7.24. The highest BCUT2D eigenvalue weighted by Gasteiger charge is 2.25. The lowest BCUT2D eigenvalue weighted by atomic mass is 10.1. The third-order valence-electron chi connectivity index (χ3n) is 4.96. The van der Waals surface area contributed by atoms with E-state index in [1.54, 1.807) is 0 Å². The Balaban J connectivity index is 1.72. The van der Waals surface area contributed by atoms with Gasteiger partial charge in [-0.2, -0.15) is 5.26 Å². The van der Waals surface area contributed by atoms with Crippen LogP contribution in [0.1, 0.15) is 17.5 Å². The van der Waals surface area contributed by atoms with Gasteiger partial charge in [0.25, 0.3) is 0 Å². The van der Waals surface area contributed by atoms with E-state index in [2.05, 4.69) is 33.7 Å². The Morgan fingerprint density at radius 2 is 1.96 bits per heavy atom. The van der Waals surface area contributed by atoms with Crippen molar-refractivity contribution in [1.29, 1.82) is 5.26 Å². The SMILES string of the molecule is N#Cc1ccc(Cn2c(N3CCC(CN)C3)nc3ccccc32)cc1. The third kappa shape index (κ3) is 2.97. The van der Waals surface area contributed by atoms with Crippen molar-refractivity contribution in [1.82, 2.24) is 9.55 Å². The van der Waals surface area contributed by atoms with E-state index in [9.17, 15) is 0 Å². The van der Waals surface area contributed by atoms with Gasteiger partial charge in [-0.1, -0.05) is 24.3 Å². The van der Waals surface area contributed by atoms with E-state index in [1.165, 1.54) is 0 Å². The molecule has 2 N–H and O–H groups in total. The van der Waals surface area contributed by atoms with E-state index in [1.807, 2.05) is 30.3 Å². The van der Waals surface area contributed by atoms with Gasteiger partial charge in [0.1, 0.15) is 0 Å². The van der Waals surface area contributed by atoms with Crippen LogP contribution in [0.3, 0.4) is 0 Å². The van der Waals surface area contributed by atoms with Gasteiger partial charge in [0.05, 0.1) is 29.2 Å². The minimum absolute atomic E-state index is 0.545. The van der Waals surface area contributed by atoms with Gasteiger partial charge in [-0.15, -0.1) is 0 Å². The first-order valence-corrected chi connectivity index (χ1v) is 8.68. The molecule has 0 radical (unpaired) electrons. The first-order valence-electron chi connectivity index (χ1n) is 8.68. The smallest absolute Gasteiger partial charge is 0.206 e. The zero-order chi connectivity index (χ0) is 17.2. The summed E-state index contributed by atoms with van der Waals surface area (Å²) in [5.74, 6) is 1.56. The Morgan fingerprint density at radius 3 is 2.68 bits per heavy atom. The van der Waals surface area contributed by atoms with Crippen molar-refractivity contribution >= 4 is 17.0 Å². The summed E-state index contributed by atoms with van der Waals surface area (Å²) in [7, 11) is 0. The molecule has 1 fully saturated rings. The first-order chi connectivity index (χ1) is 12.3. The molecule has 1 aromatic heterocycles. The molecular formula is C20H21N5. The Hall–Kier alpha value is -2.84. The van der Waals surface area contributed by atoms with Crippen LogP contribution in [0.2, 0.25) is 0 Å². The number of nitriles is 1. The number of hydrogen-bond donors (Lipinski definition) is 1. The van der Waals surface area contributed by atoms with Crippen LogP contribution in [0.5, 0.6) is 0 Å². The lowest BCUT2D eigenvalue weighted by Gasteiger charge is -2.19. The van der Waals surface area contributed by atoms with Gasteiger partial charge < -0.3 is 15.2 Å². The number of imidazole rings is 1. The van der Waals surface area contributed by atoms with Crippen LogP contribution in [-0.2, 0) is 6.54 Å². The maximum absolute atomic E-state index is 8.98. The van der Waals surface area contributed by atoms with Crippen LogP contribution in [0.25, 0.3) is 11.0 Å². The fraction of sp³-hybridized carbons (Fsp3) is 0.300. The maximum atomic E-state index is 8.98. The molecule has 1 aliphatic rings. The van der Waals surface area contributed by atoms with Gasteiger partial charge >= 0.3 is 0 Å². The number of rotatable bonds is 4. The molecule has 1 aliphatic heterocycles. The Kier molecular flexibility index (Phi) is 4.12. The summed E-state index contributed by atoms with van der Waals surface area (Å²) in [6.07, 6.45) is 1.12. The number of nitrogens with two attached hydrogens (primary N) is 1. The van der Waals surface area contributed by atoms with Crippen LogP contribution >= 0.6 is 0 Å². The van der Waals surface area contributed by atoms with Gasteiger partial charge in [-0.25, -0.2) is 4.98 Å². The van der Waals surface area contributed by atoms with Gasteiger partial charge in [-0.3, -0.25) is 0 Å². The zero-order valence-electron chi connectivity index (χ0n) is 14.1. The maximum Gasteiger partial charge on any atom is 0.206 e. The predicted octanol–water partition coefficient (Wildman–Crippen LogP) is 2.74. The number of benzene rings is 2. The molecule has 0 bridgehead atoms. The van der Waals surface area contributed by atoms with Crippen LogP contribution in [0.15, 0.2) is 48.5 Å². The van der Waals surface area contributed by atoms with E-state index in [4.69, 9.17) is 16.0 Å². The third-order valence-corrected chi connectivity index (χ3v) is 4.96. The molecule has 0 spiro atoms. The van der Waals surface area contributed by atoms with E-state index in [0.29, 0.717) is 11.5 Å². The molecule has 2 heterocycles. The summed E-state index contributed by atoms with van der Waals surface area (Å²) < 4.78 is 2.27. The fourth-order valence-electron chi connectivity index (χ4n) is 3.53. The average molecular weight is 331 g/mol. The Morgan fingerprint density at radius 1 is 1.16 bits per heavy atom. The van der Waals surface area contributed by atoms with Crippen LogP contribution in [0.4, 0.5) is 5.95 Å². The van der Waals surface area contributed by atoms with E-state index in [-0.39, 0.29) is 0 Å². The lowest BCUT2D eigenvalue weighted by Crippen LogP contribution is -2.25.